The molecule has 18 heavy (non-hydrogen) atoms. The Morgan fingerprint density at radius 3 is 2.50 bits per heavy atom. The fourth-order valence-electron chi connectivity index (χ4n) is 2.75. The minimum absolute atomic E-state index is 0.340. The van der Waals surface area contributed by atoms with Crippen LogP contribution in [0.4, 0.5) is 0 Å². The second kappa shape index (κ2) is 6.91. The van der Waals surface area contributed by atoms with Crippen LogP contribution in [0.5, 0.6) is 0 Å². The second-order valence-corrected chi connectivity index (χ2v) is 5.74. The number of hydrogen-bond acceptors (Lipinski definition) is 2. The summed E-state index contributed by atoms with van der Waals surface area (Å²) >= 11 is 0. The van der Waals surface area contributed by atoms with Gasteiger partial charge in [-0.3, -0.25) is 0 Å². The van der Waals surface area contributed by atoms with Gasteiger partial charge in [-0.1, -0.05) is 30.3 Å². The van der Waals surface area contributed by atoms with Gasteiger partial charge in [-0.25, -0.2) is 0 Å². The summed E-state index contributed by atoms with van der Waals surface area (Å²) < 4.78 is 0. The summed E-state index contributed by atoms with van der Waals surface area (Å²) in [4.78, 5) is 2.57. The molecule has 0 aromatic heterocycles. The molecule has 1 saturated heterocycles. The number of rotatable bonds is 5. The third-order valence-electron chi connectivity index (χ3n) is 3.98. The van der Waals surface area contributed by atoms with E-state index >= 15 is 0 Å². The van der Waals surface area contributed by atoms with Crippen molar-refractivity contribution in [3.63, 3.8) is 0 Å². The lowest BCUT2D eigenvalue weighted by molar-refractivity contribution is 0.180. The van der Waals surface area contributed by atoms with E-state index in [1.807, 2.05) is 0 Å². The molecule has 1 aliphatic heterocycles. The third-order valence-corrected chi connectivity index (χ3v) is 3.98. The van der Waals surface area contributed by atoms with Gasteiger partial charge in [0.15, 0.2) is 0 Å². The van der Waals surface area contributed by atoms with Gasteiger partial charge in [0.1, 0.15) is 0 Å². The molecule has 1 unspecified atom stereocenters. The van der Waals surface area contributed by atoms with Crippen molar-refractivity contribution >= 4 is 0 Å². The van der Waals surface area contributed by atoms with E-state index in [-0.39, 0.29) is 0 Å². The highest BCUT2D eigenvalue weighted by atomic mass is 15.1. The molecular weight excluding hydrogens is 220 g/mol. The first-order valence-corrected chi connectivity index (χ1v) is 7.26. The lowest BCUT2D eigenvalue weighted by Gasteiger charge is -2.32. The van der Waals surface area contributed by atoms with Crippen LogP contribution in [0.2, 0.25) is 0 Å². The molecule has 2 heteroatoms. The van der Waals surface area contributed by atoms with E-state index in [0.717, 1.165) is 12.3 Å². The topological polar surface area (TPSA) is 29.3 Å². The van der Waals surface area contributed by atoms with Gasteiger partial charge in [-0.2, -0.15) is 0 Å². The summed E-state index contributed by atoms with van der Waals surface area (Å²) in [6, 6.07) is 11.2. The molecule has 0 amide bonds. The monoisotopic (exact) mass is 246 g/mol. The molecule has 100 valence electrons. The Hall–Kier alpha value is -0.860. The normalized spacial score (nSPS) is 19.9. The maximum absolute atomic E-state index is 5.81. The average molecular weight is 246 g/mol. The van der Waals surface area contributed by atoms with E-state index in [2.05, 4.69) is 42.2 Å². The van der Waals surface area contributed by atoms with Crippen molar-refractivity contribution in [3.8, 4) is 0 Å². The van der Waals surface area contributed by atoms with Crippen LogP contribution in [-0.2, 0) is 6.42 Å². The Bertz CT molecular complexity index is 326. The van der Waals surface area contributed by atoms with Crippen LogP contribution in [0.15, 0.2) is 30.3 Å². The van der Waals surface area contributed by atoms with Gasteiger partial charge in [0, 0.05) is 6.04 Å². The first-order chi connectivity index (χ1) is 8.74. The van der Waals surface area contributed by atoms with Crippen molar-refractivity contribution in [1.82, 2.24) is 4.90 Å². The number of nitrogens with zero attached hydrogens (tertiary/aromatic N) is 1. The van der Waals surface area contributed by atoms with Gasteiger partial charge in [0.05, 0.1) is 0 Å². The molecule has 1 aliphatic rings. The summed E-state index contributed by atoms with van der Waals surface area (Å²) in [6.07, 6.45) is 5.06. The Balaban J connectivity index is 1.70. The van der Waals surface area contributed by atoms with Crippen molar-refractivity contribution in [2.75, 3.05) is 19.6 Å². The molecule has 1 aromatic carbocycles. The number of hydrogen-bond donors (Lipinski definition) is 1. The molecule has 1 aromatic rings. The molecule has 0 saturated carbocycles. The average Bonchev–Trinajstić information content (AvgIpc) is 2.39. The SMILES string of the molecule is CC(N)CCN1CCC(Cc2ccccc2)CC1. The van der Waals surface area contributed by atoms with Crippen LogP contribution in [0.1, 0.15) is 31.7 Å². The number of likely N-dealkylation sites (tertiary alicyclic amines) is 1. The van der Waals surface area contributed by atoms with Gasteiger partial charge in [-0.05, 0) is 63.7 Å². The maximum Gasteiger partial charge on any atom is 0.00226 e. The van der Waals surface area contributed by atoms with E-state index in [9.17, 15) is 0 Å². The predicted octanol–water partition coefficient (Wildman–Crippen LogP) is 2.68. The molecular formula is C16H26N2. The van der Waals surface area contributed by atoms with Gasteiger partial charge < -0.3 is 10.6 Å². The highest BCUT2D eigenvalue weighted by molar-refractivity contribution is 5.15. The smallest absolute Gasteiger partial charge is 0.00226 e. The molecule has 1 atom stereocenters. The van der Waals surface area contributed by atoms with Crippen LogP contribution in [0, 0.1) is 5.92 Å². The van der Waals surface area contributed by atoms with Crippen molar-refractivity contribution < 1.29 is 0 Å². The standard InChI is InChI=1S/C16H26N2/c1-14(17)7-10-18-11-8-16(9-12-18)13-15-5-3-2-4-6-15/h2-6,14,16H,7-13,17H2,1H3. The van der Waals surface area contributed by atoms with E-state index < -0.39 is 0 Å². The van der Waals surface area contributed by atoms with Crippen LogP contribution in [-0.4, -0.2) is 30.6 Å². The molecule has 0 aliphatic carbocycles. The van der Waals surface area contributed by atoms with Gasteiger partial charge in [-0.15, -0.1) is 0 Å². The molecule has 0 radical (unpaired) electrons. The van der Waals surface area contributed by atoms with Gasteiger partial charge in [0.2, 0.25) is 0 Å². The zero-order chi connectivity index (χ0) is 12.8. The lowest BCUT2D eigenvalue weighted by Crippen LogP contribution is -2.36. The molecule has 2 nitrogen and oxygen atoms in total. The minimum Gasteiger partial charge on any atom is -0.328 e. The fraction of sp³-hybridized carbons (Fsp3) is 0.625. The summed E-state index contributed by atoms with van der Waals surface area (Å²) in [7, 11) is 0. The van der Waals surface area contributed by atoms with Gasteiger partial charge in [0.25, 0.3) is 0 Å². The van der Waals surface area contributed by atoms with Crippen molar-refractivity contribution in [2.24, 2.45) is 11.7 Å². The zero-order valence-corrected chi connectivity index (χ0v) is 11.5. The first-order valence-electron chi connectivity index (χ1n) is 7.26. The van der Waals surface area contributed by atoms with E-state index in [1.54, 1.807) is 0 Å². The minimum atomic E-state index is 0.340. The molecule has 2 N–H and O–H groups in total. The Labute approximate surface area is 111 Å². The van der Waals surface area contributed by atoms with E-state index in [4.69, 9.17) is 5.73 Å². The van der Waals surface area contributed by atoms with Crippen molar-refractivity contribution in [1.29, 1.82) is 0 Å². The Kier molecular flexibility index (Phi) is 5.21. The molecule has 0 bridgehead atoms. The highest BCUT2D eigenvalue weighted by Gasteiger charge is 2.19. The third kappa shape index (κ3) is 4.43. The predicted molar refractivity (Wildman–Crippen MR) is 77.6 cm³/mol. The van der Waals surface area contributed by atoms with Crippen molar-refractivity contribution in [2.45, 2.75) is 38.6 Å². The maximum atomic E-state index is 5.81. The quantitative estimate of drug-likeness (QED) is 0.865. The fourth-order valence-corrected chi connectivity index (χ4v) is 2.75. The highest BCUT2D eigenvalue weighted by Crippen LogP contribution is 2.21. The van der Waals surface area contributed by atoms with Crippen LogP contribution in [0.25, 0.3) is 0 Å². The zero-order valence-electron chi connectivity index (χ0n) is 11.5. The number of piperidine rings is 1. The second-order valence-electron chi connectivity index (χ2n) is 5.74. The Morgan fingerprint density at radius 1 is 1.22 bits per heavy atom. The lowest BCUT2D eigenvalue weighted by atomic mass is 9.90. The van der Waals surface area contributed by atoms with Gasteiger partial charge >= 0.3 is 0 Å². The molecule has 1 heterocycles. The van der Waals surface area contributed by atoms with Crippen molar-refractivity contribution in [3.05, 3.63) is 35.9 Å². The molecule has 0 spiro atoms. The van der Waals surface area contributed by atoms with Crippen LogP contribution < -0.4 is 5.73 Å². The number of benzene rings is 1. The summed E-state index contributed by atoms with van der Waals surface area (Å²) in [5.74, 6) is 0.874. The van der Waals surface area contributed by atoms with Crippen LogP contribution >= 0.6 is 0 Å². The summed E-state index contributed by atoms with van der Waals surface area (Å²) in [5.41, 5.74) is 7.30. The molecule has 1 fully saturated rings. The molecule has 2 rings (SSSR count). The first kappa shape index (κ1) is 13.6. The van der Waals surface area contributed by atoms with Crippen LogP contribution in [0.3, 0.4) is 0 Å². The number of nitrogens with two attached hydrogens (primary N) is 1. The van der Waals surface area contributed by atoms with E-state index in [0.29, 0.717) is 6.04 Å². The largest absolute Gasteiger partial charge is 0.328 e. The Morgan fingerprint density at radius 2 is 1.89 bits per heavy atom. The summed E-state index contributed by atoms with van der Waals surface area (Å²) in [5, 5.41) is 0. The van der Waals surface area contributed by atoms with E-state index in [1.165, 1.54) is 44.5 Å². The summed E-state index contributed by atoms with van der Waals surface area (Å²) in [6.45, 7) is 5.78.